The fourth-order valence-electron chi connectivity index (χ4n) is 2.17. The van der Waals surface area contributed by atoms with Crippen LogP contribution in [0.5, 0.6) is 0 Å². The standard InChI is InChI=1S/C19H19FN4O/c1-3-19(25)24-12-14-11-23-18(13-4-6-15(20)7-5-13)10-16(14)17(21)8-9-22-2/h3-11H,1,12,21H2,2H3,(H,24,25)/b17-8-,22-9?. The van der Waals surface area contributed by atoms with E-state index in [9.17, 15) is 9.18 Å². The van der Waals surface area contributed by atoms with Crippen molar-refractivity contribution in [3.8, 4) is 11.3 Å². The Morgan fingerprint density at radius 3 is 2.76 bits per heavy atom. The highest BCUT2D eigenvalue weighted by Gasteiger charge is 2.10. The Bertz CT molecular complexity index is 826. The van der Waals surface area contributed by atoms with Crippen LogP contribution in [0.4, 0.5) is 4.39 Å². The van der Waals surface area contributed by atoms with Crippen molar-refractivity contribution in [2.24, 2.45) is 10.7 Å². The Morgan fingerprint density at radius 2 is 2.12 bits per heavy atom. The topological polar surface area (TPSA) is 80.4 Å². The molecule has 5 nitrogen and oxygen atoms in total. The van der Waals surface area contributed by atoms with Gasteiger partial charge in [0.15, 0.2) is 0 Å². The third kappa shape index (κ3) is 4.84. The zero-order chi connectivity index (χ0) is 18.2. The van der Waals surface area contributed by atoms with Crippen molar-refractivity contribution in [3.05, 3.63) is 72.2 Å². The van der Waals surface area contributed by atoms with Crippen molar-refractivity contribution in [2.45, 2.75) is 6.54 Å². The number of amides is 1. The number of carbonyl (C=O) groups excluding carboxylic acids is 1. The maximum Gasteiger partial charge on any atom is 0.243 e. The van der Waals surface area contributed by atoms with Gasteiger partial charge in [-0.15, -0.1) is 0 Å². The van der Waals surface area contributed by atoms with E-state index in [0.717, 1.165) is 16.7 Å². The first-order valence-corrected chi connectivity index (χ1v) is 7.58. The summed E-state index contributed by atoms with van der Waals surface area (Å²) in [6.45, 7) is 3.68. The van der Waals surface area contributed by atoms with Crippen LogP contribution in [0.3, 0.4) is 0 Å². The summed E-state index contributed by atoms with van der Waals surface area (Å²) in [6.07, 6.45) is 6.09. The van der Waals surface area contributed by atoms with Crippen LogP contribution in [0, 0.1) is 5.82 Å². The van der Waals surface area contributed by atoms with E-state index in [2.05, 4.69) is 21.9 Å². The van der Waals surface area contributed by atoms with Crippen molar-refractivity contribution in [3.63, 3.8) is 0 Å². The molecule has 0 fully saturated rings. The van der Waals surface area contributed by atoms with E-state index < -0.39 is 0 Å². The molecule has 0 spiro atoms. The van der Waals surface area contributed by atoms with Crippen LogP contribution in [0.2, 0.25) is 0 Å². The second-order valence-corrected chi connectivity index (χ2v) is 5.18. The fourth-order valence-corrected chi connectivity index (χ4v) is 2.17. The van der Waals surface area contributed by atoms with Crippen LogP contribution in [-0.4, -0.2) is 24.2 Å². The minimum atomic E-state index is -0.314. The Kier molecular flexibility index (Phi) is 6.17. The van der Waals surface area contributed by atoms with Gasteiger partial charge in [0.1, 0.15) is 5.82 Å². The van der Waals surface area contributed by atoms with E-state index in [1.165, 1.54) is 18.2 Å². The van der Waals surface area contributed by atoms with Crippen molar-refractivity contribution in [1.29, 1.82) is 0 Å². The van der Waals surface area contributed by atoms with Crippen LogP contribution < -0.4 is 11.1 Å². The first-order chi connectivity index (χ1) is 12.0. The second-order valence-electron chi connectivity index (χ2n) is 5.18. The number of nitrogens with zero attached hydrogens (tertiary/aromatic N) is 2. The van der Waals surface area contributed by atoms with Gasteiger partial charge < -0.3 is 11.1 Å². The van der Waals surface area contributed by atoms with Crippen LogP contribution in [0.1, 0.15) is 11.1 Å². The fraction of sp³-hybridized carbons (Fsp3) is 0.105. The van der Waals surface area contributed by atoms with Crippen molar-refractivity contribution in [2.75, 3.05) is 7.05 Å². The number of halogens is 1. The van der Waals surface area contributed by atoms with Crippen LogP contribution in [-0.2, 0) is 11.3 Å². The molecule has 0 aliphatic rings. The molecule has 1 aromatic heterocycles. The molecule has 0 atom stereocenters. The largest absolute Gasteiger partial charge is 0.398 e. The summed E-state index contributed by atoms with van der Waals surface area (Å²) in [6, 6.07) is 7.84. The van der Waals surface area contributed by atoms with Crippen LogP contribution >= 0.6 is 0 Å². The summed E-state index contributed by atoms with van der Waals surface area (Å²) in [7, 11) is 1.64. The number of rotatable bonds is 6. The number of benzene rings is 1. The smallest absolute Gasteiger partial charge is 0.243 e. The molecule has 0 aliphatic carbocycles. The molecule has 0 aliphatic heterocycles. The maximum atomic E-state index is 13.1. The van der Waals surface area contributed by atoms with E-state index in [1.807, 2.05) is 0 Å². The first kappa shape index (κ1) is 18.1. The maximum absolute atomic E-state index is 13.1. The minimum Gasteiger partial charge on any atom is -0.398 e. The number of hydrogen-bond donors (Lipinski definition) is 2. The molecule has 1 amide bonds. The average Bonchev–Trinajstić information content (AvgIpc) is 2.64. The highest BCUT2D eigenvalue weighted by molar-refractivity contribution is 5.87. The molecule has 1 heterocycles. The van der Waals surface area contributed by atoms with Crippen LogP contribution in [0.25, 0.3) is 17.0 Å². The average molecular weight is 338 g/mol. The van der Waals surface area contributed by atoms with Gasteiger partial charge in [-0.25, -0.2) is 4.39 Å². The Labute approximate surface area is 145 Å². The predicted molar refractivity (Wildman–Crippen MR) is 98.3 cm³/mol. The molecule has 0 saturated heterocycles. The van der Waals surface area contributed by atoms with Crippen molar-refractivity contribution >= 4 is 17.8 Å². The Hall–Kier alpha value is -3.28. The number of hydrogen-bond acceptors (Lipinski definition) is 4. The highest BCUT2D eigenvalue weighted by atomic mass is 19.1. The normalized spacial score (nSPS) is 11.5. The monoisotopic (exact) mass is 338 g/mol. The van der Waals surface area contributed by atoms with E-state index in [-0.39, 0.29) is 18.3 Å². The number of pyridine rings is 1. The first-order valence-electron chi connectivity index (χ1n) is 7.58. The van der Waals surface area contributed by atoms with Gasteiger partial charge in [-0.05, 0) is 48.0 Å². The summed E-state index contributed by atoms with van der Waals surface area (Å²) in [5.41, 5.74) is 9.51. The SMILES string of the molecule is C=CC(=O)NCc1cnc(-c2ccc(F)cc2)cc1/C(N)=C/C=NC. The van der Waals surface area contributed by atoms with Gasteiger partial charge in [0.05, 0.1) is 5.69 Å². The quantitative estimate of drug-likeness (QED) is 0.628. The number of aromatic nitrogens is 1. The molecule has 2 rings (SSSR count). The van der Waals surface area contributed by atoms with E-state index in [0.29, 0.717) is 11.4 Å². The Morgan fingerprint density at radius 1 is 1.40 bits per heavy atom. The van der Waals surface area contributed by atoms with E-state index in [1.54, 1.807) is 43.7 Å². The molecule has 0 bridgehead atoms. The minimum absolute atomic E-state index is 0.259. The molecule has 3 N–H and O–H groups in total. The summed E-state index contributed by atoms with van der Waals surface area (Å²) in [4.78, 5) is 19.7. The summed E-state index contributed by atoms with van der Waals surface area (Å²) in [5.74, 6) is -0.600. The molecular weight excluding hydrogens is 319 g/mol. The highest BCUT2D eigenvalue weighted by Crippen LogP contribution is 2.23. The lowest BCUT2D eigenvalue weighted by Crippen LogP contribution is -2.21. The van der Waals surface area contributed by atoms with Gasteiger partial charge in [-0.1, -0.05) is 6.58 Å². The van der Waals surface area contributed by atoms with Gasteiger partial charge in [-0.2, -0.15) is 0 Å². The predicted octanol–water partition coefficient (Wildman–Crippen LogP) is 2.69. The molecule has 0 saturated carbocycles. The van der Waals surface area contributed by atoms with Gasteiger partial charge >= 0.3 is 0 Å². The van der Waals surface area contributed by atoms with Crippen molar-refractivity contribution < 1.29 is 9.18 Å². The molecule has 25 heavy (non-hydrogen) atoms. The third-order valence-corrected chi connectivity index (χ3v) is 3.48. The molecule has 6 heteroatoms. The number of carbonyl (C=O) groups is 1. The molecule has 2 aromatic rings. The number of allylic oxidation sites excluding steroid dienone is 1. The summed E-state index contributed by atoms with van der Waals surface area (Å²) >= 11 is 0. The summed E-state index contributed by atoms with van der Waals surface area (Å²) in [5, 5.41) is 2.70. The van der Waals surface area contributed by atoms with E-state index >= 15 is 0 Å². The zero-order valence-electron chi connectivity index (χ0n) is 13.9. The lowest BCUT2D eigenvalue weighted by atomic mass is 10.0. The number of aliphatic imine (C=N–C) groups is 1. The molecule has 0 unspecified atom stereocenters. The zero-order valence-corrected chi connectivity index (χ0v) is 13.9. The molecule has 1 aromatic carbocycles. The van der Waals surface area contributed by atoms with Gasteiger partial charge in [0.25, 0.3) is 0 Å². The van der Waals surface area contributed by atoms with Crippen LogP contribution in [0.15, 0.2) is 60.3 Å². The van der Waals surface area contributed by atoms with E-state index in [4.69, 9.17) is 5.73 Å². The summed E-state index contributed by atoms with van der Waals surface area (Å²) < 4.78 is 13.1. The molecular formula is C19H19FN4O. The second kappa shape index (κ2) is 8.54. The van der Waals surface area contributed by atoms with Gasteiger partial charge in [0, 0.05) is 42.8 Å². The lowest BCUT2D eigenvalue weighted by molar-refractivity contribution is -0.116. The van der Waals surface area contributed by atoms with Gasteiger partial charge in [-0.3, -0.25) is 14.8 Å². The van der Waals surface area contributed by atoms with Gasteiger partial charge in [0.2, 0.25) is 5.91 Å². The Balaban J connectivity index is 2.44. The van der Waals surface area contributed by atoms with Crippen molar-refractivity contribution in [1.82, 2.24) is 10.3 Å². The molecule has 0 radical (unpaired) electrons. The molecule has 128 valence electrons. The lowest BCUT2D eigenvalue weighted by Gasteiger charge is -2.12. The number of nitrogens with two attached hydrogens (primary N) is 1. The number of nitrogens with one attached hydrogen (secondary N) is 1. The third-order valence-electron chi connectivity index (χ3n) is 3.48.